The molecule has 5 rings (SSSR count). The molecule has 1 N–H and O–H groups in total. The molecule has 0 spiro atoms. The van der Waals surface area contributed by atoms with Gasteiger partial charge in [-0.3, -0.25) is 4.79 Å². The molecule has 160 valence electrons. The minimum Gasteiger partial charge on any atom is -0.377 e. The molecule has 2 fully saturated rings. The van der Waals surface area contributed by atoms with Crippen LogP contribution in [0.25, 0.3) is 11.5 Å². The highest BCUT2D eigenvalue weighted by molar-refractivity contribution is 5.94. The average molecular weight is 423 g/mol. The van der Waals surface area contributed by atoms with Crippen LogP contribution in [-0.2, 0) is 4.74 Å². The van der Waals surface area contributed by atoms with Crippen molar-refractivity contribution in [1.29, 1.82) is 0 Å². The van der Waals surface area contributed by atoms with Crippen molar-refractivity contribution in [2.45, 2.75) is 24.8 Å². The number of carbonyl (C=O) groups is 1. The number of benzene rings is 1. The van der Waals surface area contributed by atoms with Crippen molar-refractivity contribution in [1.82, 2.24) is 20.0 Å². The van der Waals surface area contributed by atoms with E-state index in [1.165, 1.54) is 12.1 Å². The van der Waals surface area contributed by atoms with Gasteiger partial charge in [-0.2, -0.15) is 4.98 Å². The fourth-order valence-electron chi connectivity index (χ4n) is 3.83. The third-order valence-electron chi connectivity index (χ3n) is 5.69. The largest absolute Gasteiger partial charge is 0.377 e. The first-order valence-corrected chi connectivity index (χ1v) is 10.4. The quantitative estimate of drug-likeness (QED) is 0.674. The summed E-state index contributed by atoms with van der Waals surface area (Å²) in [6.45, 7) is 2.40. The summed E-state index contributed by atoms with van der Waals surface area (Å²) in [6, 6.07) is 10.1. The summed E-state index contributed by atoms with van der Waals surface area (Å²) in [4.78, 5) is 23.2. The highest BCUT2D eigenvalue weighted by atomic mass is 19.1. The highest BCUT2D eigenvalue weighted by Crippen LogP contribution is 2.29. The number of ether oxygens (including phenoxy) is 1. The summed E-state index contributed by atoms with van der Waals surface area (Å²) >= 11 is 0. The van der Waals surface area contributed by atoms with Crippen LogP contribution in [0.3, 0.4) is 0 Å². The molecular formula is C22H22FN5O3. The van der Waals surface area contributed by atoms with E-state index in [0.29, 0.717) is 50.9 Å². The van der Waals surface area contributed by atoms with Gasteiger partial charge in [-0.25, -0.2) is 9.37 Å². The molecule has 9 heteroatoms. The van der Waals surface area contributed by atoms with E-state index in [2.05, 4.69) is 20.4 Å². The molecule has 31 heavy (non-hydrogen) atoms. The first-order chi connectivity index (χ1) is 15.2. The number of rotatable bonds is 5. The van der Waals surface area contributed by atoms with Gasteiger partial charge in [0.25, 0.3) is 11.8 Å². The van der Waals surface area contributed by atoms with Gasteiger partial charge in [-0.05, 0) is 37.1 Å². The summed E-state index contributed by atoms with van der Waals surface area (Å²) in [5.74, 6) is 1.13. The number of hydrogen-bond acceptors (Lipinski definition) is 7. The lowest BCUT2D eigenvalue weighted by atomic mass is 9.95. The van der Waals surface area contributed by atoms with E-state index < -0.39 is 5.82 Å². The molecule has 2 aromatic heterocycles. The molecule has 4 heterocycles. The van der Waals surface area contributed by atoms with Crippen LogP contribution in [0.5, 0.6) is 0 Å². The zero-order chi connectivity index (χ0) is 21.2. The Morgan fingerprint density at radius 3 is 2.71 bits per heavy atom. The maximum absolute atomic E-state index is 13.9. The van der Waals surface area contributed by atoms with Gasteiger partial charge in [-0.1, -0.05) is 17.3 Å². The molecule has 0 atom stereocenters. The second-order valence-corrected chi connectivity index (χ2v) is 7.81. The average Bonchev–Trinajstić information content (AvgIpc) is 3.27. The van der Waals surface area contributed by atoms with Gasteiger partial charge in [0, 0.05) is 30.8 Å². The Bertz CT molecular complexity index is 1080. The minimum absolute atomic E-state index is 0.0914. The predicted octanol–water partition coefficient (Wildman–Crippen LogP) is 3.10. The van der Waals surface area contributed by atoms with Gasteiger partial charge in [0.05, 0.1) is 24.8 Å². The van der Waals surface area contributed by atoms with Crippen molar-refractivity contribution in [2.75, 3.05) is 31.6 Å². The maximum Gasteiger partial charge on any atom is 0.258 e. The Kier molecular flexibility index (Phi) is 5.33. The molecule has 0 unspecified atom stereocenters. The Morgan fingerprint density at radius 1 is 1.16 bits per heavy atom. The molecular weight excluding hydrogens is 401 g/mol. The molecule has 1 aromatic carbocycles. The van der Waals surface area contributed by atoms with Crippen LogP contribution in [0, 0.1) is 5.82 Å². The highest BCUT2D eigenvalue weighted by Gasteiger charge is 2.28. The third kappa shape index (κ3) is 4.13. The summed E-state index contributed by atoms with van der Waals surface area (Å²) in [5.41, 5.74) is 0.905. The van der Waals surface area contributed by atoms with E-state index in [1.807, 2.05) is 12.1 Å². The van der Waals surface area contributed by atoms with Crippen LogP contribution < -0.4 is 5.32 Å². The van der Waals surface area contributed by atoms with E-state index >= 15 is 0 Å². The maximum atomic E-state index is 13.9. The monoisotopic (exact) mass is 423 g/mol. The van der Waals surface area contributed by atoms with Gasteiger partial charge in [0.15, 0.2) is 5.82 Å². The number of aromatic nitrogens is 3. The van der Waals surface area contributed by atoms with E-state index in [4.69, 9.17) is 9.26 Å². The lowest BCUT2D eigenvalue weighted by Gasteiger charge is -2.30. The third-order valence-corrected chi connectivity index (χ3v) is 5.69. The number of likely N-dealkylation sites (tertiary alicyclic amines) is 1. The van der Waals surface area contributed by atoms with Gasteiger partial charge in [0.1, 0.15) is 11.6 Å². The molecule has 2 aliphatic rings. The molecule has 2 aliphatic heterocycles. The molecule has 0 aliphatic carbocycles. The van der Waals surface area contributed by atoms with Crippen LogP contribution in [0.15, 0.2) is 47.1 Å². The van der Waals surface area contributed by atoms with Crippen molar-refractivity contribution in [3.8, 4) is 11.5 Å². The Morgan fingerprint density at radius 2 is 1.97 bits per heavy atom. The molecule has 1 amide bonds. The van der Waals surface area contributed by atoms with Crippen LogP contribution >= 0.6 is 0 Å². The molecule has 0 radical (unpaired) electrons. The van der Waals surface area contributed by atoms with E-state index in [1.54, 1.807) is 23.2 Å². The first-order valence-electron chi connectivity index (χ1n) is 10.4. The van der Waals surface area contributed by atoms with Crippen LogP contribution in [-0.4, -0.2) is 58.3 Å². The van der Waals surface area contributed by atoms with Crippen molar-refractivity contribution in [3.63, 3.8) is 0 Å². The van der Waals surface area contributed by atoms with E-state index in [0.717, 1.165) is 11.4 Å². The Hall–Kier alpha value is -3.33. The van der Waals surface area contributed by atoms with Crippen LogP contribution in [0.4, 0.5) is 10.2 Å². The number of nitrogens with zero attached hydrogens (tertiary/aromatic N) is 4. The molecule has 8 nitrogen and oxygen atoms in total. The standard InChI is InChI=1S/C22H22FN5O3/c23-18-4-2-1-3-17(18)22(29)28-9-6-14(7-10-28)20-26-21(31-27-20)15-5-8-24-19(11-15)25-16-12-30-13-16/h1-5,8,11,14,16H,6-7,9-10,12-13H2,(H,24,25). The van der Waals surface area contributed by atoms with Crippen molar-refractivity contribution in [2.24, 2.45) is 0 Å². The number of pyridine rings is 1. The zero-order valence-corrected chi connectivity index (χ0v) is 16.8. The number of anilines is 1. The van der Waals surface area contributed by atoms with Gasteiger partial charge in [-0.15, -0.1) is 0 Å². The first kappa shape index (κ1) is 19.6. The van der Waals surface area contributed by atoms with Gasteiger partial charge >= 0.3 is 0 Å². The smallest absolute Gasteiger partial charge is 0.258 e. The van der Waals surface area contributed by atoms with Crippen molar-refractivity contribution < 1.29 is 18.4 Å². The second kappa shape index (κ2) is 8.43. The number of amides is 1. The lowest BCUT2D eigenvalue weighted by molar-refractivity contribution is 0.0209. The lowest BCUT2D eigenvalue weighted by Crippen LogP contribution is -2.40. The number of halogens is 1. The van der Waals surface area contributed by atoms with E-state index in [9.17, 15) is 9.18 Å². The SMILES string of the molecule is O=C(c1ccccc1F)N1CCC(c2noc(-c3ccnc(NC4COC4)c3)n2)CC1. The van der Waals surface area contributed by atoms with Crippen molar-refractivity contribution >= 4 is 11.7 Å². The number of carbonyl (C=O) groups excluding carboxylic acids is 1. The van der Waals surface area contributed by atoms with Crippen LogP contribution in [0.1, 0.15) is 34.9 Å². The van der Waals surface area contributed by atoms with Crippen molar-refractivity contribution in [3.05, 3.63) is 59.8 Å². The zero-order valence-electron chi connectivity index (χ0n) is 16.8. The fourth-order valence-corrected chi connectivity index (χ4v) is 3.83. The Labute approximate surface area is 178 Å². The topological polar surface area (TPSA) is 93.4 Å². The molecule has 3 aromatic rings. The van der Waals surface area contributed by atoms with E-state index in [-0.39, 0.29) is 23.4 Å². The van der Waals surface area contributed by atoms with Gasteiger partial charge in [0.2, 0.25) is 0 Å². The molecule has 0 saturated carbocycles. The summed E-state index contributed by atoms with van der Waals surface area (Å²) in [7, 11) is 0. The number of nitrogens with one attached hydrogen (secondary N) is 1. The number of piperidine rings is 1. The van der Waals surface area contributed by atoms with Crippen LogP contribution in [0.2, 0.25) is 0 Å². The molecule has 2 saturated heterocycles. The summed E-state index contributed by atoms with van der Waals surface area (Å²) in [5, 5.41) is 7.47. The minimum atomic E-state index is -0.492. The molecule has 0 bridgehead atoms. The number of hydrogen-bond donors (Lipinski definition) is 1. The fraction of sp³-hybridized carbons (Fsp3) is 0.364. The summed E-state index contributed by atoms with van der Waals surface area (Å²) in [6.07, 6.45) is 3.10. The normalized spacial score (nSPS) is 17.4. The van der Waals surface area contributed by atoms with Gasteiger partial charge < -0.3 is 19.5 Å². The second-order valence-electron chi connectivity index (χ2n) is 7.81. The predicted molar refractivity (Wildman–Crippen MR) is 110 cm³/mol. The Balaban J connectivity index is 1.23. The summed E-state index contributed by atoms with van der Waals surface area (Å²) < 4.78 is 24.6.